The van der Waals surface area contributed by atoms with Crippen molar-refractivity contribution in [2.24, 2.45) is 29.1 Å². The van der Waals surface area contributed by atoms with Crippen molar-refractivity contribution in [3.05, 3.63) is 11.6 Å². The highest BCUT2D eigenvalue weighted by atomic mass is 16.6. The van der Waals surface area contributed by atoms with Crippen LogP contribution >= 0.6 is 0 Å². The van der Waals surface area contributed by atoms with Gasteiger partial charge in [-0.15, -0.1) is 0 Å². The number of Topliss-reactive ketones (excluding diaryl/α,β-unsaturated/α-hetero) is 1. The number of esters is 2. The summed E-state index contributed by atoms with van der Waals surface area (Å²) >= 11 is 0. The molecule has 0 aromatic carbocycles. The number of carbonyl (C=O) groups excluding carboxylic acids is 3. The number of ketones is 1. The summed E-state index contributed by atoms with van der Waals surface area (Å²) < 4.78 is 11.1. The van der Waals surface area contributed by atoms with Crippen LogP contribution in [0.5, 0.6) is 0 Å². The second-order valence-corrected chi connectivity index (χ2v) is 8.63. The third-order valence-electron chi connectivity index (χ3n) is 6.60. The maximum Gasteiger partial charge on any atom is 0.330 e. The summed E-state index contributed by atoms with van der Waals surface area (Å²) in [5.74, 6) is -2.06. The van der Waals surface area contributed by atoms with E-state index in [0.29, 0.717) is 6.42 Å². The van der Waals surface area contributed by atoms with Gasteiger partial charge in [0.05, 0.1) is 17.4 Å². The van der Waals surface area contributed by atoms with Crippen LogP contribution in [-0.2, 0) is 23.9 Å². The monoisotopic (exact) mass is 364 g/mol. The standard InChI is InChI=1S/C20H28O6/c1-9(2)6-15(22)25-13-8-14(21)20(5)17(13)10(3)7-12-16(18(20)23)11(4)19(24)26-12/h6,10-13,16-18,23H,7-8H2,1-5H3/t10-,11+,12-,13+,16?,17-,18+,20-/m1/s1. The van der Waals surface area contributed by atoms with Gasteiger partial charge in [0.15, 0.2) is 0 Å². The molecule has 0 radical (unpaired) electrons. The Morgan fingerprint density at radius 3 is 2.58 bits per heavy atom. The molecule has 0 aromatic rings. The summed E-state index contributed by atoms with van der Waals surface area (Å²) in [6.45, 7) is 9.10. The first-order valence-electron chi connectivity index (χ1n) is 9.34. The molecule has 3 fully saturated rings. The maximum absolute atomic E-state index is 12.9. The molecule has 0 spiro atoms. The second kappa shape index (κ2) is 6.48. The van der Waals surface area contributed by atoms with E-state index in [0.717, 1.165) is 5.57 Å². The molecule has 3 aliphatic rings. The average molecular weight is 364 g/mol. The first kappa shape index (κ1) is 19.1. The molecule has 1 unspecified atom stereocenters. The van der Waals surface area contributed by atoms with Gasteiger partial charge in [-0.1, -0.05) is 19.4 Å². The maximum atomic E-state index is 12.9. The van der Waals surface area contributed by atoms with Crippen LogP contribution in [0.15, 0.2) is 11.6 Å². The highest BCUT2D eigenvalue weighted by molar-refractivity contribution is 5.90. The van der Waals surface area contributed by atoms with Crippen molar-refractivity contribution in [2.75, 3.05) is 0 Å². The summed E-state index contributed by atoms with van der Waals surface area (Å²) in [7, 11) is 0. The van der Waals surface area contributed by atoms with Gasteiger partial charge in [-0.05, 0) is 33.1 Å². The van der Waals surface area contributed by atoms with Crippen molar-refractivity contribution < 1.29 is 29.0 Å². The Labute approximate surface area is 153 Å². The predicted molar refractivity (Wildman–Crippen MR) is 92.9 cm³/mol. The lowest BCUT2D eigenvalue weighted by Gasteiger charge is -2.39. The molecular weight excluding hydrogens is 336 g/mol. The average Bonchev–Trinajstić information content (AvgIpc) is 2.89. The first-order valence-corrected chi connectivity index (χ1v) is 9.34. The quantitative estimate of drug-likeness (QED) is 0.596. The van der Waals surface area contributed by atoms with Crippen LogP contribution in [0.3, 0.4) is 0 Å². The van der Waals surface area contributed by atoms with E-state index >= 15 is 0 Å². The number of aliphatic hydroxyl groups excluding tert-OH is 1. The van der Waals surface area contributed by atoms with E-state index < -0.39 is 41.5 Å². The normalized spacial score (nSPS) is 44.6. The fourth-order valence-electron chi connectivity index (χ4n) is 5.36. The molecular formula is C20H28O6. The van der Waals surface area contributed by atoms with Gasteiger partial charge in [0, 0.05) is 24.3 Å². The number of hydrogen-bond donors (Lipinski definition) is 1. The highest BCUT2D eigenvalue weighted by Crippen LogP contribution is 2.56. The van der Waals surface area contributed by atoms with Gasteiger partial charge in [0.1, 0.15) is 18.0 Å². The van der Waals surface area contributed by atoms with Gasteiger partial charge in [-0.3, -0.25) is 9.59 Å². The molecule has 2 aliphatic carbocycles. The fourth-order valence-corrected chi connectivity index (χ4v) is 5.36. The van der Waals surface area contributed by atoms with E-state index in [4.69, 9.17) is 9.47 Å². The van der Waals surface area contributed by atoms with E-state index in [-0.39, 0.29) is 30.0 Å². The van der Waals surface area contributed by atoms with Gasteiger partial charge < -0.3 is 14.6 Å². The fraction of sp³-hybridized carbons (Fsp3) is 0.750. The largest absolute Gasteiger partial charge is 0.462 e. The molecule has 3 rings (SSSR count). The summed E-state index contributed by atoms with van der Waals surface area (Å²) in [5.41, 5.74) is -0.219. The lowest BCUT2D eigenvalue weighted by Crippen LogP contribution is -2.48. The van der Waals surface area contributed by atoms with Gasteiger partial charge in [-0.25, -0.2) is 4.79 Å². The van der Waals surface area contributed by atoms with Gasteiger partial charge in [-0.2, -0.15) is 0 Å². The van der Waals surface area contributed by atoms with Gasteiger partial charge >= 0.3 is 11.9 Å². The Balaban J connectivity index is 1.95. The molecule has 0 bridgehead atoms. The summed E-state index contributed by atoms with van der Waals surface area (Å²) in [6, 6.07) is 0. The predicted octanol–water partition coefficient (Wildman–Crippen LogP) is 2.04. The smallest absolute Gasteiger partial charge is 0.330 e. The first-order chi connectivity index (χ1) is 12.1. The summed E-state index contributed by atoms with van der Waals surface area (Å²) in [5, 5.41) is 11.2. The van der Waals surface area contributed by atoms with E-state index in [1.165, 1.54) is 6.08 Å². The number of ether oxygens (including phenoxy) is 2. The molecule has 1 N–H and O–H groups in total. The van der Waals surface area contributed by atoms with Gasteiger partial charge in [0.25, 0.3) is 0 Å². The Morgan fingerprint density at radius 2 is 1.96 bits per heavy atom. The molecule has 26 heavy (non-hydrogen) atoms. The van der Waals surface area contributed by atoms with Crippen LogP contribution in [0, 0.1) is 29.1 Å². The SMILES string of the molecule is CC(C)=CC(=O)O[C@H]1CC(=O)[C@]2(C)[C@@H]1[C@H](C)C[C@H]1OC(=O)[C@@H](C)C1[C@@H]2O. The zero-order chi connectivity index (χ0) is 19.4. The van der Waals surface area contributed by atoms with Crippen molar-refractivity contribution in [3.63, 3.8) is 0 Å². The molecule has 1 saturated heterocycles. The van der Waals surface area contributed by atoms with Crippen LogP contribution < -0.4 is 0 Å². The minimum absolute atomic E-state index is 0.0290. The highest BCUT2D eigenvalue weighted by Gasteiger charge is 2.65. The summed E-state index contributed by atoms with van der Waals surface area (Å²) in [4.78, 5) is 37.1. The number of hydrogen-bond acceptors (Lipinski definition) is 6. The minimum Gasteiger partial charge on any atom is -0.462 e. The Morgan fingerprint density at radius 1 is 1.31 bits per heavy atom. The Hall–Kier alpha value is -1.69. The Kier molecular flexibility index (Phi) is 4.76. The van der Waals surface area contributed by atoms with E-state index in [2.05, 4.69) is 0 Å². The number of rotatable bonds is 2. The molecule has 2 saturated carbocycles. The van der Waals surface area contributed by atoms with Crippen molar-refractivity contribution in [3.8, 4) is 0 Å². The molecule has 1 heterocycles. The van der Waals surface area contributed by atoms with Crippen LogP contribution in [-0.4, -0.2) is 41.1 Å². The molecule has 6 nitrogen and oxygen atoms in total. The van der Waals surface area contributed by atoms with Crippen LogP contribution in [0.4, 0.5) is 0 Å². The third-order valence-corrected chi connectivity index (χ3v) is 6.60. The number of fused-ring (bicyclic) bond motifs is 2. The zero-order valence-corrected chi connectivity index (χ0v) is 16.0. The van der Waals surface area contributed by atoms with Crippen molar-refractivity contribution in [1.82, 2.24) is 0 Å². The van der Waals surface area contributed by atoms with Crippen molar-refractivity contribution in [2.45, 2.75) is 65.8 Å². The topological polar surface area (TPSA) is 89.9 Å². The van der Waals surface area contributed by atoms with E-state index in [1.54, 1.807) is 27.7 Å². The molecule has 144 valence electrons. The van der Waals surface area contributed by atoms with Crippen LogP contribution in [0.2, 0.25) is 0 Å². The molecule has 0 amide bonds. The number of carbonyl (C=O) groups is 3. The third kappa shape index (κ3) is 2.79. The lowest BCUT2D eigenvalue weighted by atomic mass is 9.67. The minimum atomic E-state index is -1.04. The zero-order valence-electron chi connectivity index (χ0n) is 16.0. The second-order valence-electron chi connectivity index (χ2n) is 8.63. The van der Waals surface area contributed by atoms with Crippen LogP contribution in [0.25, 0.3) is 0 Å². The Bertz CT molecular complexity index is 663. The molecule has 0 aromatic heterocycles. The summed E-state index contributed by atoms with van der Waals surface area (Å²) in [6.07, 6.45) is 0.116. The molecule has 6 heteroatoms. The van der Waals surface area contributed by atoms with E-state index in [1.807, 2.05) is 6.92 Å². The lowest BCUT2D eigenvalue weighted by molar-refractivity contribution is -0.150. The molecule has 8 atom stereocenters. The number of allylic oxidation sites excluding steroid dienone is 1. The van der Waals surface area contributed by atoms with E-state index in [9.17, 15) is 19.5 Å². The van der Waals surface area contributed by atoms with Crippen molar-refractivity contribution >= 4 is 17.7 Å². The van der Waals surface area contributed by atoms with Gasteiger partial charge in [0.2, 0.25) is 0 Å². The number of aliphatic hydroxyl groups is 1. The van der Waals surface area contributed by atoms with Crippen molar-refractivity contribution in [1.29, 1.82) is 0 Å². The van der Waals surface area contributed by atoms with Crippen LogP contribution in [0.1, 0.15) is 47.5 Å². The molecule has 1 aliphatic heterocycles.